The van der Waals surface area contributed by atoms with Gasteiger partial charge in [-0.2, -0.15) is 0 Å². The minimum atomic E-state index is 0.744. The van der Waals surface area contributed by atoms with E-state index in [4.69, 9.17) is 10.1 Å². The molecule has 0 aliphatic rings. The van der Waals surface area contributed by atoms with Gasteiger partial charge in [0, 0.05) is 17.5 Å². The minimum absolute atomic E-state index is 0.744. The smallest absolute Gasteiger partial charge is 0.209 e. The summed E-state index contributed by atoms with van der Waals surface area (Å²) in [5, 5.41) is 5.46. The van der Waals surface area contributed by atoms with Crippen molar-refractivity contribution in [1.29, 1.82) is 0 Å². The van der Waals surface area contributed by atoms with E-state index >= 15 is 0 Å². The highest BCUT2D eigenvalue weighted by atomic mass is 32.2. The molecular weight excluding hydrogens is 328 g/mol. The first-order valence-corrected chi connectivity index (χ1v) is 8.99. The lowest BCUT2D eigenvalue weighted by Gasteiger charge is -2.05. The van der Waals surface area contributed by atoms with Crippen LogP contribution in [0, 0.1) is 0 Å². The van der Waals surface area contributed by atoms with Crippen LogP contribution in [0.25, 0.3) is 17.1 Å². The first-order chi connectivity index (χ1) is 12.4. The molecule has 4 aromatic rings. The molecule has 0 bridgehead atoms. The first-order valence-electron chi connectivity index (χ1n) is 8.01. The third-order valence-electron chi connectivity index (χ3n) is 3.70. The fraction of sp³-hybridized carbons (Fsp3) is 0.0500. The van der Waals surface area contributed by atoms with Gasteiger partial charge in [0.15, 0.2) is 5.82 Å². The highest BCUT2D eigenvalue weighted by Gasteiger charge is 2.14. The molecule has 0 aliphatic heterocycles. The normalized spacial score (nSPS) is 10.7. The molecule has 0 fully saturated rings. The first kappa shape index (κ1) is 15.6. The number of aromatic nitrogens is 4. The number of thioether (sulfide) groups is 1. The van der Waals surface area contributed by atoms with Crippen LogP contribution in [0.15, 0.2) is 90.2 Å². The Morgan fingerprint density at radius 3 is 2.24 bits per heavy atom. The molecule has 0 N–H and O–H groups in total. The van der Waals surface area contributed by atoms with Crippen molar-refractivity contribution >= 4 is 11.8 Å². The van der Waals surface area contributed by atoms with E-state index in [-0.39, 0.29) is 0 Å². The number of rotatable bonds is 5. The topological polar surface area (TPSA) is 43.6 Å². The average molecular weight is 344 g/mol. The summed E-state index contributed by atoms with van der Waals surface area (Å²) < 4.78 is 1.90. The molecule has 2 aromatic carbocycles. The molecule has 0 radical (unpaired) electrons. The molecule has 5 heteroatoms. The van der Waals surface area contributed by atoms with Gasteiger partial charge in [0.05, 0.1) is 11.4 Å². The molecule has 2 aromatic heterocycles. The lowest BCUT2D eigenvalue weighted by molar-refractivity contribution is 0.838. The van der Waals surface area contributed by atoms with E-state index in [9.17, 15) is 0 Å². The van der Waals surface area contributed by atoms with Gasteiger partial charge in [-0.1, -0.05) is 66.4 Å². The van der Waals surface area contributed by atoms with E-state index < -0.39 is 0 Å². The lowest BCUT2D eigenvalue weighted by Crippen LogP contribution is -1.99. The molecule has 0 unspecified atom stereocenters. The third-order valence-corrected chi connectivity index (χ3v) is 4.57. The Bertz CT molecular complexity index is 880. The van der Waals surface area contributed by atoms with Gasteiger partial charge in [-0.25, -0.2) is 9.67 Å². The van der Waals surface area contributed by atoms with Gasteiger partial charge in [-0.05, 0) is 24.3 Å². The SMILES string of the molecule is c1ccc(-c2nc(SCc3ccccn3)nn2-c2ccccc2)cc1. The lowest BCUT2D eigenvalue weighted by atomic mass is 10.2. The highest BCUT2D eigenvalue weighted by Crippen LogP contribution is 2.26. The molecule has 4 rings (SSSR count). The van der Waals surface area contributed by atoms with Gasteiger partial charge >= 0.3 is 0 Å². The van der Waals surface area contributed by atoms with Crippen LogP contribution in [-0.4, -0.2) is 19.7 Å². The van der Waals surface area contributed by atoms with Gasteiger partial charge in [-0.15, -0.1) is 5.10 Å². The van der Waals surface area contributed by atoms with Gasteiger partial charge in [0.2, 0.25) is 5.16 Å². The predicted molar refractivity (Wildman–Crippen MR) is 101 cm³/mol. The van der Waals surface area contributed by atoms with Crippen molar-refractivity contribution < 1.29 is 0 Å². The second kappa shape index (κ2) is 7.32. The van der Waals surface area contributed by atoms with E-state index in [1.54, 1.807) is 18.0 Å². The number of pyridine rings is 1. The van der Waals surface area contributed by atoms with Crippen molar-refractivity contribution in [2.75, 3.05) is 0 Å². The summed E-state index contributed by atoms with van der Waals surface area (Å²) in [4.78, 5) is 9.12. The second-order valence-electron chi connectivity index (χ2n) is 5.44. The van der Waals surface area contributed by atoms with Crippen LogP contribution < -0.4 is 0 Å². The van der Waals surface area contributed by atoms with Crippen molar-refractivity contribution in [3.05, 3.63) is 90.8 Å². The maximum Gasteiger partial charge on any atom is 0.209 e. The summed E-state index contributed by atoms with van der Waals surface area (Å²) in [6.07, 6.45) is 1.81. The van der Waals surface area contributed by atoms with E-state index in [1.165, 1.54) is 0 Å². The van der Waals surface area contributed by atoms with Crippen molar-refractivity contribution in [2.45, 2.75) is 10.9 Å². The number of hydrogen-bond donors (Lipinski definition) is 0. The van der Waals surface area contributed by atoms with Crippen molar-refractivity contribution in [3.63, 3.8) is 0 Å². The molecule has 2 heterocycles. The van der Waals surface area contributed by atoms with Crippen molar-refractivity contribution in [1.82, 2.24) is 19.7 Å². The van der Waals surface area contributed by atoms with E-state index in [1.807, 2.05) is 71.4 Å². The van der Waals surface area contributed by atoms with Gasteiger partial charge in [0.25, 0.3) is 0 Å². The van der Waals surface area contributed by atoms with E-state index in [2.05, 4.69) is 17.1 Å². The molecule has 0 aliphatic carbocycles. The zero-order valence-electron chi connectivity index (χ0n) is 13.5. The van der Waals surface area contributed by atoms with Crippen LogP contribution in [0.4, 0.5) is 0 Å². The summed E-state index contributed by atoms with van der Waals surface area (Å²) in [6, 6.07) is 26.1. The Balaban J connectivity index is 1.68. The largest absolute Gasteiger partial charge is 0.260 e. The predicted octanol–water partition coefficient (Wildman–Crippen LogP) is 4.62. The monoisotopic (exact) mass is 344 g/mol. The minimum Gasteiger partial charge on any atom is -0.260 e. The van der Waals surface area contributed by atoms with Crippen molar-refractivity contribution in [2.24, 2.45) is 0 Å². The summed E-state index contributed by atoms with van der Waals surface area (Å²) in [5.74, 6) is 1.59. The summed E-state index contributed by atoms with van der Waals surface area (Å²) in [7, 11) is 0. The number of para-hydroxylation sites is 1. The van der Waals surface area contributed by atoms with Crippen LogP contribution in [0.5, 0.6) is 0 Å². The molecule has 0 saturated carbocycles. The number of benzene rings is 2. The zero-order chi connectivity index (χ0) is 16.9. The average Bonchev–Trinajstić information content (AvgIpc) is 3.13. The maximum atomic E-state index is 4.76. The fourth-order valence-corrected chi connectivity index (χ4v) is 3.24. The van der Waals surface area contributed by atoms with Gasteiger partial charge < -0.3 is 0 Å². The zero-order valence-corrected chi connectivity index (χ0v) is 14.3. The Morgan fingerprint density at radius 1 is 0.800 bits per heavy atom. The van der Waals surface area contributed by atoms with Crippen molar-refractivity contribution in [3.8, 4) is 17.1 Å². The third kappa shape index (κ3) is 3.61. The van der Waals surface area contributed by atoms with E-state index in [0.717, 1.165) is 33.7 Å². The molecular formula is C20H16N4S. The standard InChI is InChI=1S/C20H16N4S/c1-3-9-16(10-4-1)19-22-20(25-15-17-11-7-8-14-21-17)23-24(19)18-12-5-2-6-13-18/h1-14H,15H2. The van der Waals surface area contributed by atoms with Crippen LogP contribution in [0.2, 0.25) is 0 Å². The van der Waals surface area contributed by atoms with Crippen LogP contribution >= 0.6 is 11.8 Å². The second-order valence-corrected chi connectivity index (χ2v) is 6.38. The van der Waals surface area contributed by atoms with Gasteiger partial charge in [-0.3, -0.25) is 4.98 Å². The summed E-state index contributed by atoms with van der Waals surface area (Å²) >= 11 is 1.59. The number of hydrogen-bond acceptors (Lipinski definition) is 4. The molecule has 4 nitrogen and oxygen atoms in total. The molecule has 25 heavy (non-hydrogen) atoms. The summed E-state index contributed by atoms with van der Waals surface area (Å²) in [6.45, 7) is 0. The molecule has 0 spiro atoms. The number of nitrogens with zero attached hydrogens (tertiary/aromatic N) is 4. The molecule has 0 amide bonds. The molecule has 0 atom stereocenters. The van der Waals surface area contributed by atoms with Crippen LogP contribution in [0.3, 0.4) is 0 Å². The Hall–Kier alpha value is -2.92. The quantitative estimate of drug-likeness (QED) is 0.495. The molecule has 0 saturated heterocycles. The fourth-order valence-electron chi connectivity index (χ4n) is 2.50. The van der Waals surface area contributed by atoms with Gasteiger partial charge in [0.1, 0.15) is 0 Å². The van der Waals surface area contributed by atoms with Crippen LogP contribution in [-0.2, 0) is 5.75 Å². The van der Waals surface area contributed by atoms with E-state index in [0.29, 0.717) is 0 Å². The highest BCUT2D eigenvalue weighted by molar-refractivity contribution is 7.98. The maximum absolute atomic E-state index is 4.76. The Morgan fingerprint density at radius 2 is 1.52 bits per heavy atom. The Kier molecular flexibility index (Phi) is 4.57. The Labute approximate surface area is 150 Å². The summed E-state index contributed by atoms with van der Waals surface area (Å²) in [5.41, 5.74) is 3.06. The molecule has 122 valence electrons. The van der Waals surface area contributed by atoms with Crippen LogP contribution in [0.1, 0.15) is 5.69 Å².